The summed E-state index contributed by atoms with van der Waals surface area (Å²) >= 11 is 5.22. The van der Waals surface area contributed by atoms with Gasteiger partial charge in [0.15, 0.2) is 5.11 Å². The number of thiocarbonyl (C=S) groups is 1. The second-order valence-corrected chi connectivity index (χ2v) is 7.41. The molecular weight excluding hydrogens is 452 g/mol. The van der Waals surface area contributed by atoms with Crippen LogP contribution in [-0.4, -0.2) is 27.6 Å². The average Bonchev–Trinajstić information content (AvgIpc) is 2.66. The summed E-state index contributed by atoms with van der Waals surface area (Å²) < 4.78 is 54.0. The van der Waals surface area contributed by atoms with Crippen LogP contribution in [0, 0.1) is 17.1 Å². The summed E-state index contributed by atoms with van der Waals surface area (Å²) in [6.45, 7) is 2.48. The number of nitriles is 1. The number of aliphatic carboxylic acids is 1. The Bertz CT molecular complexity index is 1140. The Labute approximate surface area is 185 Å². The van der Waals surface area contributed by atoms with Crippen LogP contribution in [0.1, 0.15) is 35.3 Å². The SMILES string of the molecule is CC(C)(C(=O)O)N(C(=S)Nc1ccc(C#N)c(C(F)(F)F)c1)c1ccc(C(N)=O)c(F)c1. The quantitative estimate of drug-likeness (QED) is 0.450. The number of nitrogens with one attached hydrogen (secondary N) is 1. The highest BCUT2D eigenvalue weighted by molar-refractivity contribution is 7.80. The molecule has 32 heavy (non-hydrogen) atoms. The van der Waals surface area contributed by atoms with E-state index in [9.17, 15) is 32.3 Å². The van der Waals surface area contributed by atoms with Gasteiger partial charge >= 0.3 is 12.1 Å². The molecule has 168 valence electrons. The topological polar surface area (TPSA) is 119 Å². The molecule has 0 atom stereocenters. The summed E-state index contributed by atoms with van der Waals surface area (Å²) in [7, 11) is 0. The lowest BCUT2D eigenvalue weighted by atomic mass is 10.0. The number of halogens is 4. The van der Waals surface area contributed by atoms with E-state index in [4.69, 9.17) is 23.2 Å². The van der Waals surface area contributed by atoms with E-state index < -0.39 is 46.1 Å². The molecule has 12 heteroatoms. The van der Waals surface area contributed by atoms with Gasteiger partial charge in [-0.1, -0.05) is 0 Å². The van der Waals surface area contributed by atoms with Crippen LogP contribution in [0.2, 0.25) is 0 Å². The molecule has 2 rings (SSSR count). The largest absolute Gasteiger partial charge is 0.480 e. The fraction of sp³-hybridized carbons (Fsp3) is 0.200. The first-order chi connectivity index (χ1) is 14.7. The molecule has 2 aromatic rings. The number of carboxylic acid groups (broad SMARTS) is 1. The maximum Gasteiger partial charge on any atom is 0.417 e. The third kappa shape index (κ3) is 4.94. The summed E-state index contributed by atoms with van der Waals surface area (Å²) in [5, 5.41) is 20.7. The lowest BCUT2D eigenvalue weighted by Gasteiger charge is -2.37. The average molecular weight is 468 g/mol. The Hall–Kier alpha value is -3.72. The summed E-state index contributed by atoms with van der Waals surface area (Å²) in [5.74, 6) is -3.46. The third-order valence-corrected chi connectivity index (χ3v) is 4.74. The number of amides is 1. The zero-order chi connectivity index (χ0) is 24.4. The van der Waals surface area contributed by atoms with Gasteiger partial charge < -0.3 is 21.1 Å². The third-order valence-electron chi connectivity index (χ3n) is 4.46. The first-order valence-electron chi connectivity index (χ1n) is 8.75. The van der Waals surface area contributed by atoms with Crippen LogP contribution in [0.25, 0.3) is 0 Å². The highest BCUT2D eigenvalue weighted by Gasteiger charge is 2.38. The number of primary amides is 1. The molecule has 0 aliphatic carbocycles. The van der Waals surface area contributed by atoms with Gasteiger partial charge in [0, 0.05) is 11.4 Å². The maximum absolute atomic E-state index is 14.3. The molecule has 0 fully saturated rings. The molecule has 0 bridgehead atoms. The van der Waals surface area contributed by atoms with Crippen molar-refractivity contribution in [3.63, 3.8) is 0 Å². The molecule has 0 spiro atoms. The lowest BCUT2D eigenvalue weighted by Crippen LogP contribution is -2.55. The van der Waals surface area contributed by atoms with Gasteiger partial charge in [-0.25, -0.2) is 9.18 Å². The van der Waals surface area contributed by atoms with Gasteiger partial charge in [0.2, 0.25) is 0 Å². The van der Waals surface area contributed by atoms with Crippen LogP contribution < -0.4 is 16.0 Å². The van der Waals surface area contributed by atoms with Crippen LogP contribution in [-0.2, 0) is 11.0 Å². The molecule has 0 unspecified atom stereocenters. The Morgan fingerprint density at radius 1 is 1.19 bits per heavy atom. The molecule has 0 aliphatic rings. The molecule has 7 nitrogen and oxygen atoms in total. The Kier molecular flexibility index (Phi) is 6.75. The standard InChI is InChI=1S/C20H16F4N4O3S/c1-19(2,17(30)31)28(12-5-6-13(16(26)29)15(21)8-12)18(32)27-11-4-3-10(9-25)14(7-11)20(22,23)24/h3-8H,1-2H3,(H2,26,29)(H,27,32)(H,30,31). The molecular formula is C20H16F4N4O3S. The van der Waals surface area contributed by atoms with Crippen LogP contribution in [0.3, 0.4) is 0 Å². The number of nitrogens with zero attached hydrogens (tertiary/aromatic N) is 2. The van der Waals surface area contributed by atoms with Crippen LogP contribution >= 0.6 is 12.2 Å². The highest BCUT2D eigenvalue weighted by Crippen LogP contribution is 2.34. The van der Waals surface area contributed by atoms with Gasteiger partial charge in [0.1, 0.15) is 11.4 Å². The van der Waals surface area contributed by atoms with Crippen molar-refractivity contribution >= 4 is 40.6 Å². The minimum absolute atomic E-state index is 0.0953. The first-order valence-corrected chi connectivity index (χ1v) is 9.16. The molecule has 0 aromatic heterocycles. The summed E-state index contributed by atoms with van der Waals surface area (Å²) in [6, 6.07) is 7.24. The number of rotatable bonds is 5. The van der Waals surface area contributed by atoms with E-state index in [1.54, 1.807) is 0 Å². The molecule has 0 saturated carbocycles. The van der Waals surface area contributed by atoms with E-state index in [1.165, 1.54) is 26.0 Å². The van der Waals surface area contributed by atoms with Crippen molar-refractivity contribution in [2.45, 2.75) is 25.6 Å². The zero-order valence-electron chi connectivity index (χ0n) is 16.6. The predicted molar refractivity (Wildman–Crippen MR) is 111 cm³/mol. The highest BCUT2D eigenvalue weighted by atomic mass is 32.1. The Balaban J connectivity index is 2.54. The second-order valence-electron chi connectivity index (χ2n) is 7.03. The summed E-state index contributed by atoms with van der Waals surface area (Å²) in [4.78, 5) is 24.1. The van der Waals surface area contributed by atoms with Gasteiger partial charge in [-0.3, -0.25) is 4.79 Å². The van der Waals surface area contributed by atoms with E-state index in [1.807, 2.05) is 0 Å². The first kappa shape index (κ1) is 24.5. The van der Waals surface area contributed by atoms with Crippen molar-refractivity contribution in [3.05, 3.63) is 58.9 Å². The molecule has 0 radical (unpaired) electrons. The monoisotopic (exact) mass is 468 g/mol. The number of hydrogen-bond donors (Lipinski definition) is 3. The number of carbonyl (C=O) groups is 2. The van der Waals surface area contributed by atoms with Crippen molar-refractivity contribution in [1.29, 1.82) is 5.26 Å². The number of hydrogen-bond acceptors (Lipinski definition) is 4. The van der Waals surface area contributed by atoms with E-state index >= 15 is 0 Å². The van der Waals surface area contributed by atoms with Gasteiger partial charge in [0.05, 0.1) is 22.8 Å². The lowest BCUT2D eigenvalue weighted by molar-refractivity contribution is -0.141. The second kappa shape index (κ2) is 8.80. The van der Waals surface area contributed by atoms with Gasteiger partial charge in [-0.15, -0.1) is 0 Å². The van der Waals surface area contributed by atoms with Crippen molar-refractivity contribution < 1.29 is 32.3 Å². The summed E-state index contributed by atoms with van der Waals surface area (Å²) in [6.07, 6.45) is -4.82. The predicted octanol–water partition coefficient (Wildman–Crippen LogP) is 3.88. The Morgan fingerprint density at radius 3 is 2.28 bits per heavy atom. The van der Waals surface area contributed by atoms with Crippen molar-refractivity contribution in [3.8, 4) is 6.07 Å². The molecule has 1 amide bonds. The van der Waals surface area contributed by atoms with Crippen molar-refractivity contribution in [1.82, 2.24) is 0 Å². The number of nitrogens with two attached hydrogens (primary N) is 1. The van der Waals surface area contributed by atoms with E-state index in [-0.39, 0.29) is 16.5 Å². The maximum atomic E-state index is 14.3. The molecule has 0 saturated heterocycles. The van der Waals surface area contributed by atoms with Crippen LogP contribution in [0.4, 0.5) is 28.9 Å². The zero-order valence-corrected chi connectivity index (χ0v) is 17.4. The van der Waals surface area contributed by atoms with E-state index in [0.717, 1.165) is 29.2 Å². The smallest absolute Gasteiger partial charge is 0.417 e. The molecule has 4 N–H and O–H groups in total. The van der Waals surface area contributed by atoms with E-state index in [0.29, 0.717) is 6.07 Å². The molecule has 0 heterocycles. The number of benzene rings is 2. The molecule has 0 aliphatic heterocycles. The van der Waals surface area contributed by atoms with Crippen molar-refractivity contribution in [2.75, 3.05) is 10.2 Å². The fourth-order valence-corrected chi connectivity index (χ4v) is 3.22. The molecule has 2 aromatic carbocycles. The van der Waals surface area contributed by atoms with Crippen LogP contribution in [0.15, 0.2) is 36.4 Å². The van der Waals surface area contributed by atoms with Crippen molar-refractivity contribution in [2.24, 2.45) is 5.73 Å². The normalized spacial score (nSPS) is 11.4. The van der Waals surface area contributed by atoms with Gasteiger partial charge in [0.25, 0.3) is 5.91 Å². The Morgan fingerprint density at radius 2 is 1.81 bits per heavy atom. The number of anilines is 2. The van der Waals surface area contributed by atoms with Gasteiger partial charge in [-0.2, -0.15) is 18.4 Å². The van der Waals surface area contributed by atoms with E-state index in [2.05, 4.69) is 5.32 Å². The fourth-order valence-electron chi connectivity index (χ4n) is 2.77. The number of carboxylic acids is 1. The van der Waals surface area contributed by atoms with Crippen LogP contribution in [0.5, 0.6) is 0 Å². The minimum atomic E-state index is -4.82. The minimum Gasteiger partial charge on any atom is -0.480 e. The summed E-state index contributed by atoms with van der Waals surface area (Å²) in [5.41, 5.74) is 0.742. The number of alkyl halides is 3. The number of carbonyl (C=O) groups excluding carboxylic acids is 1. The van der Waals surface area contributed by atoms with Gasteiger partial charge in [-0.05, 0) is 62.5 Å².